The second-order valence-corrected chi connectivity index (χ2v) is 3.93. The summed E-state index contributed by atoms with van der Waals surface area (Å²) in [7, 11) is 0. The maximum atomic E-state index is 8.97. The maximum absolute atomic E-state index is 8.97. The molecule has 92 valence electrons. The number of rotatable bonds is 5. The van der Waals surface area contributed by atoms with Gasteiger partial charge >= 0.3 is 0 Å². The average Bonchev–Trinajstić information content (AvgIpc) is 2.80. The smallest absolute Gasteiger partial charge is 0.185 e. The lowest BCUT2D eigenvalue weighted by Crippen LogP contribution is -2.09. The Balaban J connectivity index is 2.13. The van der Waals surface area contributed by atoms with Gasteiger partial charge in [-0.3, -0.25) is 0 Å². The van der Waals surface area contributed by atoms with Gasteiger partial charge in [-0.15, -0.1) is 5.10 Å². The van der Waals surface area contributed by atoms with Crippen LogP contribution in [0.4, 0.5) is 0 Å². The van der Waals surface area contributed by atoms with Crippen molar-refractivity contribution >= 4 is 0 Å². The van der Waals surface area contributed by atoms with Gasteiger partial charge in [0.2, 0.25) is 0 Å². The Kier molecular flexibility index (Phi) is 4.05. The maximum Gasteiger partial charge on any atom is 0.185 e. The Bertz CT molecular complexity index is 542. The first-order valence-corrected chi connectivity index (χ1v) is 5.82. The molecule has 5 nitrogen and oxygen atoms in total. The minimum atomic E-state index is -0.00738. The highest BCUT2D eigenvalue weighted by Crippen LogP contribution is 2.09. The number of hydrogen-bond donors (Lipinski definition) is 1. The normalized spacial score (nSPS) is 10.2. The highest BCUT2D eigenvalue weighted by Gasteiger charge is 2.11. The molecule has 2 rings (SSSR count). The van der Waals surface area contributed by atoms with Crippen molar-refractivity contribution in [1.29, 1.82) is 5.26 Å². The van der Waals surface area contributed by atoms with E-state index in [1.165, 1.54) is 5.56 Å². The molecule has 1 N–H and O–H groups in total. The standard InChI is InChI=1S/C13H14N4O/c14-10-12-13(17(8-9-18)16-15-12)7-6-11-4-2-1-3-5-11/h1-5,18H,6-9H2. The Morgan fingerprint density at radius 3 is 2.67 bits per heavy atom. The number of nitrogens with zero attached hydrogens (tertiary/aromatic N) is 4. The van der Waals surface area contributed by atoms with E-state index in [4.69, 9.17) is 10.4 Å². The molecule has 2 aromatic rings. The van der Waals surface area contributed by atoms with E-state index >= 15 is 0 Å². The van der Waals surface area contributed by atoms with Crippen LogP contribution in [0.3, 0.4) is 0 Å². The van der Waals surface area contributed by atoms with Crippen molar-refractivity contribution in [2.24, 2.45) is 0 Å². The van der Waals surface area contributed by atoms with Gasteiger partial charge in [-0.1, -0.05) is 35.5 Å². The fourth-order valence-electron chi connectivity index (χ4n) is 1.85. The predicted molar refractivity (Wildman–Crippen MR) is 65.7 cm³/mol. The number of hydrogen-bond acceptors (Lipinski definition) is 4. The predicted octanol–water partition coefficient (Wildman–Crippen LogP) is 0.927. The SMILES string of the molecule is N#Cc1nnn(CCO)c1CCc1ccccc1. The highest BCUT2D eigenvalue weighted by molar-refractivity contribution is 5.26. The van der Waals surface area contributed by atoms with Gasteiger partial charge in [0.25, 0.3) is 0 Å². The van der Waals surface area contributed by atoms with Gasteiger partial charge in [-0.05, 0) is 18.4 Å². The highest BCUT2D eigenvalue weighted by atomic mass is 16.3. The molecule has 5 heteroatoms. The molecule has 0 atom stereocenters. The van der Waals surface area contributed by atoms with Gasteiger partial charge in [0.1, 0.15) is 6.07 Å². The third-order valence-electron chi connectivity index (χ3n) is 2.75. The van der Waals surface area contributed by atoms with Crippen molar-refractivity contribution in [3.05, 3.63) is 47.3 Å². The van der Waals surface area contributed by atoms with Crippen LogP contribution < -0.4 is 0 Å². The quantitative estimate of drug-likeness (QED) is 0.846. The second kappa shape index (κ2) is 5.94. The van der Waals surface area contributed by atoms with Crippen molar-refractivity contribution in [3.63, 3.8) is 0 Å². The molecule has 0 saturated heterocycles. The molecule has 1 aromatic heterocycles. The zero-order valence-electron chi connectivity index (χ0n) is 9.95. The molecule has 0 aliphatic carbocycles. The number of aliphatic hydroxyl groups is 1. The van der Waals surface area contributed by atoms with E-state index in [9.17, 15) is 0 Å². The molecular formula is C13H14N4O. The van der Waals surface area contributed by atoms with Gasteiger partial charge in [0, 0.05) is 0 Å². The summed E-state index contributed by atoms with van der Waals surface area (Å²) >= 11 is 0. The van der Waals surface area contributed by atoms with Crippen molar-refractivity contribution in [2.75, 3.05) is 6.61 Å². The van der Waals surface area contributed by atoms with E-state index in [0.717, 1.165) is 12.1 Å². The molecule has 1 heterocycles. The molecule has 1 aromatic carbocycles. The van der Waals surface area contributed by atoms with Crippen LogP contribution in [0.5, 0.6) is 0 Å². The zero-order valence-corrected chi connectivity index (χ0v) is 9.95. The van der Waals surface area contributed by atoms with Gasteiger partial charge in [-0.25, -0.2) is 4.68 Å². The van der Waals surface area contributed by atoms with Gasteiger partial charge in [-0.2, -0.15) is 5.26 Å². The summed E-state index contributed by atoms with van der Waals surface area (Å²) < 4.78 is 1.60. The summed E-state index contributed by atoms with van der Waals surface area (Å²) in [5.74, 6) is 0. The Labute approximate surface area is 105 Å². The van der Waals surface area contributed by atoms with Crippen LogP contribution in [0.1, 0.15) is 17.0 Å². The van der Waals surface area contributed by atoms with E-state index in [1.54, 1.807) is 4.68 Å². The lowest BCUT2D eigenvalue weighted by molar-refractivity contribution is 0.266. The third kappa shape index (κ3) is 2.73. The summed E-state index contributed by atoms with van der Waals surface area (Å²) in [5.41, 5.74) is 2.34. The number of nitriles is 1. The molecule has 0 spiro atoms. The number of aromatic nitrogens is 3. The molecule has 18 heavy (non-hydrogen) atoms. The van der Waals surface area contributed by atoms with Crippen LogP contribution >= 0.6 is 0 Å². The number of aryl methyl sites for hydroxylation is 1. The number of aliphatic hydroxyl groups excluding tert-OH is 1. The Hall–Kier alpha value is -2.19. The first kappa shape index (κ1) is 12.3. The molecule has 0 radical (unpaired) electrons. The van der Waals surface area contributed by atoms with E-state index in [-0.39, 0.29) is 6.61 Å². The van der Waals surface area contributed by atoms with E-state index in [2.05, 4.69) is 10.3 Å². The second-order valence-electron chi connectivity index (χ2n) is 3.93. The molecule has 0 saturated carbocycles. The lowest BCUT2D eigenvalue weighted by Gasteiger charge is -2.04. The van der Waals surface area contributed by atoms with Crippen molar-refractivity contribution in [3.8, 4) is 6.07 Å². The van der Waals surface area contributed by atoms with Crippen LogP contribution in [0.25, 0.3) is 0 Å². The first-order valence-electron chi connectivity index (χ1n) is 5.82. The Morgan fingerprint density at radius 2 is 2.00 bits per heavy atom. The summed E-state index contributed by atoms with van der Waals surface area (Å²) in [6, 6.07) is 12.1. The van der Waals surface area contributed by atoms with Gasteiger partial charge in [0.05, 0.1) is 18.8 Å². The lowest BCUT2D eigenvalue weighted by atomic mass is 10.1. The fraction of sp³-hybridized carbons (Fsp3) is 0.308. The minimum Gasteiger partial charge on any atom is -0.394 e. The number of benzene rings is 1. The summed E-state index contributed by atoms with van der Waals surface area (Å²) in [6.45, 7) is 0.366. The van der Waals surface area contributed by atoms with Gasteiger partial charge < -0.3 is 5.11 Å². The molecule has 0 bridgehead atoms. The molecule has 0 aliphatic rings. The largest absolute Gasteiger partial charge is 0.394 e. The van der Waals surface area contributed by atoms with Crippen molar-refractivity contribution in [1.82, 2.24) is 15.0 Å². The summed E-state index contributed by atoms with van der Waals surface area (Å²) in [6.07, 6.45) is 1.52. The average molecular weight is 242 g/mol. The third-order valence-corrected chi connectivity index (χ3v) is 2.75. The molecule has 0 aliphatic heterocycles. The van der Waals surface area contributed by atoms with Crippen LogP contribution in [-0.2, 0) is 19.4 Å². The molecule has 0 fully saturated rings. The minimum absolute atomic E-state index is 0.00738. The van der Waals surface area contributed by atoms with E-state index < -0.39 is 0 Å². The van der Waals surface area contributed by atoms with Crippen LogP contribution in [-0.4, -0.2) is 26.7 Å². The van der Waals surface area contributed by atoms with Crippen LogP contribution in [0.15, 0.2) is 30.3 Å². The van der Waals surface area contributed by atoms with Crippen molar-refractivity contribution < 1.29 is 5.11 Å². The van der Waals surface area contributed by atoms with Gasteiger partial charge in [0.15, 0.2) is 5.69 Å². The zero-order chi connectivity index (χ0) is 12.8. The van der Waals surface area contributed by atoms with Crippen LogP contribution in [0.2, 0.25) is 0 Å². The van der Waals surface area contributed by atoms with Crippen LogP contribution in [0, 0.1) is 11.3 Å². The summed E-state index contributed by atoms with van der Waals surface area (Å²) in [5, 5.41) is 25.6. The Morgan fingerprint density at radius 1 is 1.22 bits per heavy atom. The molecule has 0 amide bonds. The topological polar surface area (TPSA) is 74.7 Å². The monoisotopic (exact) mass is 242 g/mol. The van der Waals surface area contributed by atoms with E-state index in [0.29, 0.717) is 18.7 Å². The first-order chi connectivity index (χ1) is 8.85. The van der Waals surface area contributed by atoms with Crippen molar-refractivity contribution in [2.45, 2.75) is 19.4 Å². The van der Waals surface area contributed by atoms with E-state index in [1.807, 2.05) is 36.4 Å². The molecule has 0 unspecified atom stereocenters. The fourth-order valence-corrected chi connectivity index (χ4v) is 1.85. The summed E-state index contributed by atoms with van der Waals surface area (Å²) in [4.78, 5) is 0. The molecular weight excluding hydrogens is 228 g/mol.